The summed E-state index contributed by atoms with van der Waals surface area (Å²) in [4.78, 5) is 4.01. The van der Waals surface area contributed by atoms with Gasteiger partial charge in [-0.1, -0.05) is 0 Å². The zero-order valence-electron chi connectivity index (χ0n) is 6.01. The van der Waals surface area contributed by atoms with Crippen LogP contribution in [0, 0.1) is 6.92 Å². The van der Waals surface area contributed by atoms with Crippen molar-refractivity contribution < 1.29 is 0 Å². The summed E-state index contributed by atoms with van der Waals surface area (Å²) in [6, 6.07) is 1.98. The zero-order chi connectivity index (χ0) is 8.27. The minimum absolute atomic E-state index is 0.932. The molecule has 3 heteroatoms. The van der Waals surface area contributed by atoms with Gasteiger partial charge >= 0.3 is 0 Å². The fourth-order valence-corrected chi connectivity index (χ4v) is 1.24. The van der Waals surface area contributed by atoms with Crippen LogP contribution < -0.4 is 0 Å². The second kappa shape index (κ2) is 4.02. The van der Waals surface area contributed by atoms with E-state index in [1.54, 1.807) is 6.20 Å². The molecule has 0 unspecified atom stereocenters. The maximum Gasteiger partial charge on any atom is 0.0610 e. The minimum Gasteiger partial charge on any atom is -0.264 e. The van der Waals surface area contributed by atoms with Crippen molar-refractivity contribution >= 4 is 37.9 Å². The fourth-order valence-electron chi connectivity index (χ4n) is 0.745. The first-order valence-corrected chi connectivity index (χ1v) is 4.72. The maximum absolute atomic E-state index is 4.01. The van der Waals surface area contributed by atoms with Crippen LogP contribution in [0.2, 0.25) is 0 Å². The SMILES string of the molecule is Cc1ccncc1C=C(Br)Br. The molecule has 1 rings (SSSR count). The molecule has 1 aromatic rings. The number of halogens is 2. The van der Waals surface area contributed by atoms with E-state index < -0.39 is 0 Å². The normalized spacial score (nSPS) is 9.36. The van der Waals surface area contributed by atoms with Gasteiger partial charge in [0.2, 0.25) is 0 Å². The summed E-state index contributed by atoms with van der Waals surface area (Å²) < 4.78 is 0.932. The van der Waals surface area contributed by atoms with E-state index in [0.29, 0.717) is 0 Å². The van der Waals surface area contributed by atoms with E-state index in [0.717, 1.165) is 8.96 Å². The number of hydrogen-bond acceptors (Lipinski definition) is 1. The van der Waals surface area contributed by atoms with Crippen LogP contribution in [-0.2, 0) is 0 Å². The van der Waals surface area contributed by atoms with Gasteiger partial charge < -0.3 is 0 Å². The van der Waals surface area contributed by atoms with Gasteiger partial charge in [-0.05, 0) is 62.1 Å². The molecule has 0 N–H and O–H groups in total. The van der Waals surface area contributed by atoms with Crippen molar-refractivity contribution in [1.29, 1.82) is 0 Å². The second-order valence-corrected chi connectivity index (χ2v) is 4.94. The molecule has 0 atom stereocenters. The molecule has 0 aliphatic heterocycles. The van der Waals surface area contributed by atoms with Crippen molar-refractivity contribution in [1.82, 2.24) is 4.98 Å². The highest BCUT2D eigenvalue weighted by Crippen LogP contribution is 2.19. The highest BCUT2D eigenvalue weighted by atomic mass is 79.9. The largest absolute Gasteiger partial charge is 0.264 e. The van der Waals surface area contributed by atoms with Gasteiger partial charge in [0.1, 0.15) is 0 Å². The van der Waals surface area contributed by atoms with Gasteiger partial charge in [-0.25, -0.2) is 0 Å². The number of aryl methyl sites for hydroxylation is 1. The second-order valence-electron chi connectivity index (χ2n) is 2.17. The third-order valence-corrected chi connectivity index (χ3v) is 1.80. The molecular weight excluding hydrogens is 270 g/mol. The molecule has 0 amide bonds. The van der Waals surface area contributed by atoms with Crippen LogP contribution >= 0.6 is 31.9 Å². The van der Waals surface area contributed by atoms with E-state index in [9.17, 15) is 0 Å². The predicted octanol–water partition coefficient (Wildman–Crippen LogP) is 3.48. The average molecular weight is 277 g/mol. The number of nitrogens with zero attached hydrogens (tertiary/aromatic N) is 1. The Morgan fingerprint density at radius 1 is 1.55 bits per heavy atom. The Hall–Kier alpha value is -0.150. The number of pyridine rings is 1. The highest BCUT2D eigenvalue weighted by Gasteiger charge is 1.92. The van der Waals surface area contributed by atoms with Gasteiger partial charge in [0.15, 0.2) is 0 Å². The van der Waals surface area contributed by atoms with Crippen molar-refractivity contribution in [2.75, 3.05) is 0 Å². The van der Waals surface area contributed by atoms with Crippen LogP contribution in [-0.4, -0.2) is 4.98 Å². The smallest absolute Gasteiger partial charge is 0.0610 e. The summed E-state index contributed by atoms with van der Waals surface area (Å²) in [5.74, 6) is 0. The van der Waals surface area contributed by atoms with Crippen LogP contribution in [0.3, 0.4) is 0 Å². The van der Waals surface area contributed by atoms with Crippen LogP contribution in [0.15, 0.2) is 21.9 Å². The van der Waals surface area contributed by atoms with Crippen molar-refractivity contribution in [2.24, 2.45) is 0 Å². The van der Waals surface area contributed by atoms with Crippen LogP contribution in [0.4, 0.5) is 0 Å². The Morgan fingerprint density at radius 3 is 2.82 bits per heavy atom. The Kier molecular flexibility index (Phi) is 3.27. The first-order valence-electron chi connectivity index (χ1n) is 3.13. The molecule has 1 heterocycles. The van der Waals surface area contributed by atoms with E-state index in [2.05, 4.69) is 43.8 Å². The molecule has 58 valence electrons. The summed E-state index contributed by atoms with van der Waals surface area (Å²) in [5, 5.41) is 0. The monoisotopic (exact) mass is 275 g/mol. The summed E-state index contributed by atoms with van der Waals surface area (Å²) in [5.41, 5.74) is 2.34. The zero-order valence-corrected chi connectivity index (χ0v) is 9.18. The Morgan fingerprint density at radius 2 is 2.27 bits per heavy atom. The molecule has 1 aromatic heterocycles. The topological polar surface area (TPSA) is 12.9 Å². The van der Waals surface area contributed by atoms with Crippen LogP contribution in [0.25, 0.3) is 6.08 Å². The average Bonchev–Trinajstić information content (AvgIpc) is 1.93. The van der Waals surface area contributed by atoms with E-state index >= 15 is 0 Å². The first-order chi connectivity index (χ1) is 5.20. The van der Waals surface area contributed by atoms with Crippen molar-refractivity contribution in [3.05, 3.63) is 33.0 Å². The van der Waals surface area contributed by atoms with Crippen LogP contribution in [0.1, 0.15) is 11.1 Å². The molecule has 0 aliphatic rings. The molecule has 0 aromatic carbocycles. The molecule has 0 radical (unpaired) electrons. The summed E-state index contributed by atoms with van der Waals surface area (Å²) >= 11 is 6.59. The van der Waals surface area contributed by atoms with Crippen molar-refractivity contribution in [2.45, 2.75) is 6.92 Å². The quantitative estimate of drug-likeness (QED) is 0.765. The highest BCUT2D eigenvalue weighted by molar-refractivity contribution is 9.28. The Labute approximate surface area is 82.8 Å². The van der Waals surface area contributed by atoms with E-state index in [1.807, 2.05) is 18.3 Å². The van der Waals surface area contributed by atoms with E-state index in [4.69, 9.17) is 0 Å². The molecule has 0 spiro atoms. The van der Waals surface area contributed by atoms with Crippen molar-refractivity contribution in [3.8, 4) is 0 Å². The molecule has 0 fully saturated rings. The maximum atomic E-state index is 4.01. The first kappa shape index (κ1) is 8.94. The van der Waals surface area contributed by atoms with Gasteiger partial charge in [-0.2, -0.15) is 0 Å². The van der Waals surface area contributed by atoms with E-state index in [1.165, 1.54) is 5.56 Å². The lowest BCUT2D eigenvalue weighted by molar-refractivity contribution is 1.27. The molecule has 0 saturated carbocycles. The third-order valence-electron chi connectivity index (χ3n) is 1.34. The summed E-state index contributed by atoms with van der Waals surface area (Å²) in [6.45, 7) is 2.05. The molecule has 0 saturated heterocycles. The van der Waals surface area contributed by atoms with Gasteiger partial charge in [0.25, 0.3) is 0 Å². The number of aromatic nitrogens is 1. The van der Waals surface area contributed by atoms with Gasteiger partial charge in [0.05, 0.1) is 3.39 Å². The molecule has 0 aliphatic carbocycles. The lowest BCUT2D eigenvalue weighted by atomic mass is 10.2. The third kappa shape index (κ3) is 2.75. The number of rotatable bonds is 1. The lowest BCUT2D eigenvalue weighted by Crippen LogP contribution is -1.80. The minimum atomic E-state index is 0.932. The Balaban J connectivity index is 3.04. The molecule has 0 bridgehead atoms. The van der Waals surface area contributed by atoms with Gasteiger partial charge in [-0.15, -0.1) is 0 Å². The summed E-state index contributed by atoms with van der Waals surface area (Å²) in [7, 11) is 0. The van der Waals surface area contributed by atoms with Crippen LogP contribution in [0.5, 0.6) is 0 Å². The molecule has 11 heavy (non-hydrogen) atoms. The lowest BCUT2D eigenvalue weighted by Gasteiger charge is -1.96. The fraction of sp³-hybridized carbons (Fsp3) is 0.125. The van der Waals surface area contributed by atoms with Gasteiger partial charge in [-0.3, -0.25) is 4.98 Å². The van der Waals surface area contributed by atoms with E-state index in [-0.39, 0.29) is 0 Å². The Bertz CT molecular complexity index is 277. The van der Waals surface area contributed by atoms with Gasteiger partial charge in [0, 0.05) is 12.4 Å². The number of hydrogen-bond donors (Lipinski definition) is 0. The predicted molar refractivity (Wildman–Crippen MR) is 54.8 cm³/mol. The van der Waals surface area contributed by atoms with Crippen molar-refractivity contribution in [3.63, 3.8) is 0 Å². The summed E-state index contributed by atoms with van der Waals surface area (Å²) in [6.07, 6.45) is 5.59. The molecular formula is C8H7Br2N. The standard InChI is InChI=1S/C8H7Br2N/c1-6-2-3-11-5-7(6)4-8(9)10/h2-5H,1H3. The molecule has 1 nitrogen and oxygen atoms in total.